The molecular formula is C18H15N5O2. The van der Waals surface area contributed by atoms with Crippen LogP contribution in [0.5, 0.6) is 0 Å². The number of carbonyl (C=O) groups excluding carboxylic acids is 2. The Morgan fingerprint density at radius 2 is 1.60 bits per heavy atom. The van der Waals surface area contributed by atoms with Crippen LogP contribution in [0.3, 0.4) is 0 Å². The van der Waals surface area contributed by atoms with Crippen molar-refractivity contribution in [3.8, 4) is 0 Å². The standard InChI is InChI=1S/C18H15N5O2/c1-13-6-7-16(21-10-13)23(18(25)15-5-3-9-20-12-15)22-17(24)14-4-2-8-19-11-14/h2-12H,1H3,(H,22,24). The number of hydrazine groups is 1. The molecule has 2 amide bonds. The lowest BCUT2D eigenvalue weighted by molar-refractivity contribution is 0.0886. The third-order valence-corrected chi connectivity index (χ3v) is 3.37. The molecule has 7 heteroatoms. The average molecular weight is 333 g/mol. The topological polar surface area (TPSA) is 88.1 Å². The second kappa shape index (κ2) is 7.31. The SMILES string of the molecule is Cc1ccc(N(NC(=O)c2cccnc2)C(=O)c2cccnc2)nc1. The lowest BCUT2D eigenvalue weighted by atomic mass is 10.2. The molecule has 0 saturated heterocycles. The number of anilines is 1. The molecule has 3 heterocycles. The van der Waals surface area contributed by atoms with Crippen molar-refractivity contribution < 1.29 is 9.59 Å². The smallest absolute Gasteiger partial charge is 0.267 e. The summed E-state index contributed by atoms with van der Waals surface area (Å²) >= 11 is 0. The van der Waals surface area contributed by atoms with Crippen LogP contribution >= 0.6 is 0 Å². The third kappa shape index (κ3) is 3.84. The number of carbonyl (C=O) groups is 2. The van der Waals surface area contributed by atoms with Crippen molar-refractivity contribution in [2.75, 3.05) is 5.01 Å². The van der Waals surface area contributed by atoms with E-state index in [4.69, 9.17) is 0 Å². The molecule has 0 aromatic carbocycles. The van der Waals surface area contributed by atoms with Crippen molar-refractivity contribution in [3.05, 3.63) is 84.1 Å². The second-order valence-corrected chi connectivity index (χ2v) is 5.26. The fourth-order valence-corrected chi connectivity index (χ4v) is 2.09. The largest absolute Gasteiger partial charge is 0.280 e. The number of pyridine rings is 3. The molecule has 3 aromatic rings. The maximum atomic E-state index is 12.8. The van der Waals surface area contributed by atoms with Gasteiger partial charge in [-0.1, -0.05) is 6.07 Å². The van der Waals surface area contributed by atoms with Gasteiger partial charge in [0.05, 0.1) is 11.1 Å². The predicted molar refractivity (Wildman–Crippen MR) is 91.7 cm³/mol. The van der Waals surface area contributed by atoms with Crippen LogP contribution in [0.15, 0.2) is 67.4 Å². The fraction of sp³-hybridized carbons (Fsp3) is 0.0556. The molecule has 0 unspecified atom stereocenters. The van der Waals surface area contributed by atoms with Gasteiger partial charge in [0.1, 0.15) is 0 Å². The molecule has 3 rings (SSSR count). The molecule has 0 spiro atoms. The molecule has 0 aliphatic rings. The number of hydrogen-bond donors (Lipinski definition) is 1. The Balaban J connectivity index is 1.93. The lowest BCUT2D eigenvalue weighted by Gasteiger charge is -2.22. The minimum Gasteiger partial charge on any atom is -0.267 e. The van der Waals surface area contributed by atoms with Crippen LogP contribution in [0.2, 0.25) is 0 Å². The maximum Gasteiger partial charge on any atom is 0.280 e. The Kier molecular flexibility index (Phi) is 4.75. The van der Waals surface area contributed by atoms with Crippen molar-refractivity contribution in [1.82, 2.24) is 20.4 Å². The summed E-state index contributed by atoms with van der Waals surface area (Å²) in [5.41, 5.74) is 4.18. The van der Waals surface area contributed by atoms with Crippen LogP contribution in [0.25, 0.3) is 0 Å². The Bertz CT molecular complexity index is 867. The third-order valence-electron chi connectivity index (χ3n) is 3.37. The Morgan fingerprint density at radius 1 is 0.920 bits per heavy atom. The summed E-state index contributed by atoms with van der Waals surface area (Å²) in [4.78, 5) is 37.3. The van der Waals surface area contributed by atoms with E-state index in [9.17, 15) is 9.59 Å². The van der Waals surface area contributed by atoms with Gasteiger partial charge in [0, 0.05) is 31.0 Å². The van der Waals surface area contributed by atoms with Crippen molar-refractivity contribution in [3.63, 3.8) is 0 Å². The summed E-state index contributed by atoms with van der Waals surface area (Å²) in [7, 11) is 0. The number of aromatic nitrogens is 3. The molecule has 25 heavy (non-hydrogen) atoms. The summed E-state index contributed by atoms with van der Waals surface area (Å²) in [6, 6.07) is 9.99. The van der Waals surface area contributed by atoms with Crippen molar-refractivity contribution >= 4 is 17.6 Å². The molecule has 0 bridgehead atoms. The Hall–Kier alpha value is -3.61. The zero-order valence-corrected chi connectivity index (χ0v) is 13.5. The van der Waals surface area contributed by atoms with Crippen molar-refractivity contribution in [1.29, 1.82) is 0 Å². The van der Waals surface area contributed by atoms with E-state index in [1.54, 1.807) is 48.9 Å². The summed E-state index contributed by atoms with van der Waals surface area (Å²) in [6.07, 6.45) is 7.61. The first kappa shape index (κ1) is 16.3. The second-order valence-electron chi connectivity index (χ2n) is 5.26. The molecule has 0 atom stereocenters. The molecular weight excluding hydrogens is 318 g/mol. The Morgan fingerprint density at radius 3 is 2.16 bits per heavy atom. The predicted octanol–water partition coefficient (Wildman–Crippen LogP) is 2.17. The number of amides is 2. The molecule has 124 valence electrons. The molecule has 0 aliphatic carbocycles. The van der Waals surface area contributed by atoms with E-state index in [1.165, 1.54) is 12.4 Å². The number of hydrogen-bond acceptors (Lipinski definition) is 5. The monoisotopic (exact) mass is 333 g/mol. The first-order valence-corrected chi connectivity index (χ1v) is 7.53. The average Bonchev–Trinajstić information content (AvgIpc) is 2.67. The minimum atomic E-state index is -0.465. The number of nitrogens with zero attached hydrogens (tertiary/aromatic N) is 4. The van der Waals surface area contributed by atoms with Gasteiger partial charge in [0.25, 0.3) is 11.8 Å². The van der Waals surface area contributed by atoms with Crippen LogP contribution in [-0.4, -0.2) is 26.8 Å². The quantitative estimate of drug-likeness (QED) is 0.742. The van der Waals surface area contributed by atoms with Gasteiger partial charge in [0.2, 0.25) is 0 Å². The van der Waals surface area contributed by atoms with Crippen molar-refractivity contribution in [2.45, 2.75) is 6.92 Å². The summed E-state index contributed by atoms with van der Waals surface area (Å²) in [6.45, 7) is 1.89. The van der Waals surface area contributed by atoms with Crippen LogP contribution in [0, 0.1) is 6.92 Å². The molecule has 0 fully saturated rings. The fourth-order valence-electron chi connectivity index (χ4n) is 2.09. The van der Waals surface area contributed by atoms with E-state index in [0.29, 0.717) is 16.9 Å². The van der Waals surface area contributed by atoms with Gasteiger partial charge in [-0.05, 0) is 42.8 Å². The van der Waals surface area contributed by atoms with Crippen molar-refractivity contribution in [2.24, 2.45) is 0 Å². The van der Waals surface area contributed by atoms with Gasteiger partial charge in [-0.15, -0.1) is 0 Å². The van der Waals surface area contributed by atoms with Gasteiger partial charge < -0.3 is 0 Å². The van der Waals surface area contributed by atoms with Gasteiger partial charge >= 0.3 is 0 Å². The molecule has 0 aliphatic heterocycles. The highest BCUT2D eigenvalue weighted by molar-refractivity contribution is 6.08. The van der Waals surface area contributed by atoms with E-state index in [2.05, 4.69) is 20.4 Å². The minimum absolute atomic E-state index is 0.302. The van der Waals surface area contributed by atoms with Crippen LogP contribution in [0.1, 0.15) is 26.3 Å². The normalized spacial score (nSPS) is 10.1. The Labute approximate surface area is 144 Å². The summed E-state index contributed by atoms with van der Waals surface area (Å²) in [5, 5.41) is 1.10. The van der Waals surface area contributed by atoms with Crippen LogP contribution in [0.4, 0.5) is 5.82 Å². The summed E-state index contributed by atoms with van der Waals surface area (Å²) < 4.78 is 0. The zero-order chi connectivity index (χ0) is 17.6. The van der Waals surface area contributed by atoms with Crippen LogP contribution in [-0.2, 0) is 0 Å². The number of nitrogens with one attached hydrogen (secondary N) is 1. The first-order chi connectivity index (χ1) is 12.1. The molecule has 0 radical (unpaired) electrons. The molecule has 0 saturated carbocycles. The van der Waals surface area contributed by atoms with Gasteiger partial charge in [-0.3, -0.25) is 25.0 Å². The number of rotatable bonds is 3. The summed E-state index contributed by atoms with van der Waals surface area (Å²) in [5.74, 6) is -0.605. The highest BCUT2D eigenvalue weighted by Crippen LogP contribution is 2.13. The van der Waals surface area contributed by atoms with E-state index in [0.717, 1.165) is 10.6 Å². The number of aryl methyl sites for hydroxylation is 1. The maximum absolute atomic E-state index is 12.8. The van der Waals surface area contributed by atoms with Gasteiger partial charge in [0.15, 0.2) is 5.82 Å². The molecule has 1 N–H and O–H groups in total. The molecule has 3 aromatic heterocycles. The van der Waals surface area contributed by atoms with E-state index >= 15 is 0 Å². The highest BCUT2D eigenvalue weighted by atomic mass is 16.2. The van der Waals surface area contributed by atoms with E-state index < -0.39 is 11.8 Å². The zero-order valence-electron chi connectivity index (χ0n) is 13.5. The lowest BCUT2D eigenvalue weighted by Crippen LogP contribution is -2.47. The van der Waals surface area contributed by atoms with E-state index in [1.807, 2.05) is 13.0 Å². The van der Waals surface area contributed by atoms with Gasteiger partial charge in [-0.2, -0.15) is 5.01 Å². The van der Waals surface area contributed by atoms with E-state index in [-0.39, 0.29) is 0 Å². The first-order valence-electron chi connectivity index (χ1n) is 7.53. The van der Waals surface area contributed by atoms with Crippen LogP contribution < -0.4 is 10.4 Å². The van der Waals surface area contributed by atoms with Gasteiger partial charge in [-0.25, -0.2) is 4.98 Å². The molecule has 7 nitrogen and oxygen atoms in total. The highest BCUT2D eigenvalue weighted by Gasteiger charge is 2.22.